The monoisotopic (exact) mass is 228 g/mol. The summed E-state index contributed by atoms with van der Waals surface area (Å²) in [5.41, 5.74) is -0.150. The minimum absolute atomic E-state index is 0.0495. The van der Waals surface area contributed by atoms with Crippen molar-refractivity contribution in [3.05, 3.63) is 0 Å². The first-order valence-corrected chi connectivity index (χ1v) is 6.64. The Morgan fingerprint density at radius 2 is 1.88 bits per heavy atom. The highest BCUT2D eigenvalue weighted by Gasteiger charge is 2.46. The van der Waals surface area contributed by atoms with Crippen LogP contribution in [-0.4, -0.2) is 23.9 Å². The highest BCUT2D eigenvalue weighted by atomic mass is 16.6. The predicted octanol–water partition coefficient (Wildman–Crippen LogP) is 3.79. The molecule has 0 radical (unpaired) electrons. The van der Waals surface area contributed by atoms with Crippen molar-refractivity contribution in [1.29, 1.82) is 0 Å². The summed E-state index contributed by atoms with van der Waals surface area (Å²) >= 11 is 0. The number of epoxide rings is 1. The van der Waals surface area contributed by atoms with Crippen LogP contribution in [0.3, 0.4) is 0 Å². The van der Waals surface area contributed by atoms with E-state index in [4.69, 9.17) is 9.47 Å². The summed E-state index contributed by atoms with van der Waals surface area (Å²) < 4.78 is 11.8. The lowest BCUT2D eigenvalue weighted by Gasteiger charge is -2.38. The molecule has 1 aliphatic heterocycles. The molecule has 2 heteroatoms. The standard InChI is InChI=1S/C14H28O2/c1-7-11(3)9-13(4,5)16-14(6,8-2)12-10-15-12/h11-12H,7-10H2,1-6H3. The molecule has 1 fully saturated rings. The largest absolute Gasteiger partial charge is 0.370 e. The van der Waals surface area contributed by atoms with Crippen LogP contribution in [0.2, 0.25) is 0 Å². The van der Waals surface area contributed by atoms with E-state index >= 15 is 0 Å². The molecule has 0 bridgehead atoms. The van der Waals surface area contributed by atoms with Gasteiger partial charge in [-0.05, 0) is 39.5 Å². The fourth-order valence-corrected chi connectivity index (χ4v) is 2.42. The quantitative estimate of drug-likeness (QED) is 0.618. The van der Waals surface area contributed by atoms with Gasteiger partial charge in [0.05, 0.1) is 17.8 Å². The Balaban J connectivity index is 2.55. The summed E-state index contributed by atoms with van der Waals surface area (Å²) in [6, 6.07) is 0. The van der Waals surface area contributed by atoms with Gasteiger partial charge in [-0.2, -0.15) is 0 Å². The van der Waals surface area contributed by atoms with Gasteiger partial charge in [0.15, 0.2) is 0 Å². The van der Waals surface area contributed by atoms with E-state index < -0.39 is 0 Å². The summed E-state index contributed by atoms with van der Waals surface area (Å²) in [7, 11) is 0. The molecule has 1 heterocycles. The zero-order valence-electron chi connectivity index (χ0n) is 11.8. The van der Waals surface area contributed by atoms with Crippen molar-refractivity contribution in [3.63, 3.8) is 0 Å². The van der Waals surface area contributed by atoms with Crippen molar-refractivity contribution in [2.75, 3.05) is 6.61 Å². The predicted molar refractivity (Wildman–Crippen MR) is 67.7 cm³/mol. The van der Waals surface area contributed by atoms with Crippen LogP contribution in [0.4, 0.5) is 0 Å². The number of hydrogen-bond acceptors (Lipinski definition) is 2. The Morgan fingerprint density at radius 1 is 1.31 bits per heavy atom. The van der Waals surface area contributed by atoms with E-state index in [1.165, 1.54) is 6.42 Å². The molecule has 3 unspecified atom stereocenters. The van der Waals surface area contributed by atoms with Crippen LogP contribution in [-0.2, 0) is 9.47 Å². The molecular formula is C14H28O2. The average molecular weight is 228 g/mol. The van der Waals surface area contributed by atoms with Crippen LogP contribution in [0.1, 0.15) is 60.8 Å². The molecule has 1 saturated heterocycles. The van der Waals surface area contributed by atoms with E-state index in [0.717, 1.165) is 25.4 Å². The number of hydrogen-bond donors (Lipinski definition) is 0. The van der Waals surface area contributed by atoms with Crippen LogP contribution in [0.25, 0.3) is 0 Å². The smallest absolute Gasteiger partial charge is 0.110 e. The molecule has 1 rings (SSSR count). The third-order valence-corrected chi connectivity index (χ3v) is 3.76. The van der Waals surface area contributed by atoms with Crippen molar-refractivity contribution in [2.45, 2.75) is 78.1 Å². The van der Waals surface area contributed by atoms with Gasteiger partial charge < -0.3 is 9.47 Å². The minimum atomic E-state index is -0.100. The van der Waals surface area contributed by atoms with Crippen molar-refractivity contribution in [3.8, 4) is 0 Å². The van der Waals surface area contributed by atoms with E-state index in [2.05, 4.69) is 41.5 Å². The maximum atomic E-state index is 6.35. The first kappa shape index (κ1) is 14.0. The molecule has 0 N–H and O–H groups in total. The average Bonchev–Trinajstić information content (AvgIpc) is 2.99. The van der Waals surface area contributed by atoms with Crippen molar-refractivity contribution >= 4 is 0 Å². The molecule has 1 aliphatic rings. The lowest BCUT2D eigenvalue weighted by atomic mass is 9.90. The molecule has 0 aromatic rings. The van der Waals surface area contributed by atoms with Gasteiger partial charge >= 0.3 is 0 Å². The Hall–Kier alpha value is -0.0800. The lowest BCUT2D eigenvalue weighted by molar-refractivity contribution is -0.151. The van der Waals surface area contributed by atoms with Crippen LogP contribution in [0, 0.1) is 5.92 Å². The third-order valence-electron chi connectivity index (χ3n) is 3.76. The first-order chi connectivity index (χ1) is 7.33. The van der Waals surface area contributed by atoms with Crippen molar-refractivity contribution in [1.82, 2.24) is 0 Å². The summed E-state index contributed by atoms with van der Waals surface area (Å²) in [6.45, 7) is 14.2. The zero-order chi connectivity index (χ0) is 12.4. The Morgan fingerprint density at radius 3 is 2.25 bits per heavy atom. The molecular weight excluding hydrogens is 200 g/mol. The number of rotatable bonds is 7. The molecule has 96 valence electrons. The van der Waals surface area contributed by atoms with E-state index in [-0.39, 0.29) is 11.2 Å². The third kappa shape index (κ3) is 3.74. The van der Waals surface area contributed by atoms with Gasteiger partial charge in [0.2, 0.25) is 0 Å². The topological polar surface area (TPSA) is 21.8 Å². The van der Waals surface area contributed by atoms with Gasteiger partial charge in [-0.15, -0.1) is 0 Å². The summed E-state index contributed by atoms with van der Waals surface area (Å²) in [5.74, 6) is 0.719. The normalized spacial score (nSPS) is 26.2. The number of ether oxygens (including phenoxy) is 2. The maximum Gasteiger partial charge on any atom is 0.110 e. The molecule has 2 nitrogen and oxygen atoms in total. The summed E-state index contributed by atoms with van der Waals surface area (Å²) in [5, 5.41) is 0. The highest BCUT2D eigenvalue weighted by molar-refractivity contribution is 4.93. The lowest BCUT2D eigenvalue weighted by Crippen LogP contribution is -2.43. The SMILES string of the molecule is CCC(C)CC(C)(C)OC(C)(CC)C1CO1. The van der Waals surface area contributed by atoms with Crippen LogP contribution in [0.5, 0.6) is 0 Å². The van der Waals surface area contributed by atoms with E-state index in [1.807, 2.05) is 0 Å². The Labute approximate surface area is 101 Å². The second kappa shape index (κ2) is 5.05. The molecule has 3 atom stereocenters. The Kier molecular flexibility index (Phi) is 4.42. The van der Waals surface area contributed by atoms with E-state index in [0.29, 0.717) is 6.10 Å². The molecule has 0 saturated carbocycles. The minimum Gasteiger partial charge on any atom is -0.370 e. The highest BCUT2D eigenvalue weighted by Crippen LogP contribution is 2.36. The van der Waals surface area contributed by atoms with Gasteiger partial charge in [0.25, 0.3) is 0 Å². The summed E-state index contributed by atoms with van der Waals surface area (Å²) in [4.78, 5) is 0. The molecule has 0 spiro atoms. The van der Waals surface area contributed by atoms with Crippen LogP contribution < -0.4 is 0 Å². The zero-order valence-corrected chi connectivity index (χ0v) is 11.8. The second-order valence-corrected chi connectivity index (χ2v) is 6.07. The second-order valence-electron chi connectivity index (χ2n) is 6.07. The van der Waals surface area contributed by atoms with E-state index in [1.54, 1.807) is 0 Å². The first-order valence-electron chi connectivity index (χ1n) is 6.64. The molecule has 0 aromatic heterocycles. The van der Waals surface area contributed by atoms with Crippen LogP contribution in [0.15, 0.2) is 0 Å². The molecule has 16 heavy (non-hydrogen) atoms. The van der Waals surface area contributed by atoms with Crippen LogP contribution >= 0.6 is 0 Å². The van der Waals surface area contributed by atoms with Gasteiger partial charge in [0, 0.05) is 0 Å². The fourth-order valence-electron chi connectivity index (χ4n) is 2.42. The van der Waals surface area contributed by atoms with Gasteiger partial charge in [-0.1, -0.05) is 27.2 Å². The molecule has 0 aromatic carbocycles. The summed E-state index contributed by atoms with van der Waals surface area (Å²) in [6.07, 6.45) is 3.66. The van der Waals surface area contributed by atoms with Gasteiger partial charge in [-0.3, -0.25) is 0 Å². The van der Waals surface area contributed by atoms with Crippen molar-refractivity contribution < 1.29 is 9.47 Å². The van der Waals surface area contributed by atoms with Crippen molar-refractivity contribution in [2.24, 2.45) is 5.92 Å². The maximum absolute atomic E-state index is 6.35. The van der Waals surface area contributed by atoms with Gasteiger partial charge in [-0.25, -0.2) is 0 Å². The Bertz CT molecular complexity index is 221. The fraction of sp³-hybridized carbons (Fsp3) is 1.00. The van der Waals surface area contributed by atoms with Gasteiger partial charge in [0.1, 0.15) is 6.10 Å². The van der Waals surface area contributed by atoms with E-state index in [9.17, 15) is 0 Å². The molecule has 0 aliphatic carbocycles. The molecule has 0 amide bonds.